The van der Waals surface area contributed by atoms with Gasteiger partial charge in [-0.15, -0.1) is 0 Å². The summed E-state index contributed by atoms with van der Waals surface area (Å²) < 4.78 is 0. The van der Waals surface area contributed by atoms with Gasteiger partial charge in [0.15, 0.2) is 0 Å². The van der Waals surface area contributed by atoms with Gasteiger partial charge in [-0.3, -0.25) is 0 Å². The second-order valence-corrected chi connectivity index (χ2v) is 4.35. The monoisotopic (exact) mass is 274 g/mol. The molecule has 20 heavy (non-hydrogen) atoms. The van der Waals surface area contributed by atoms with Gasteiger partial charge in [-0.25, -0.2) is 5.48 Å². The van der Waals surface area contributed by atoms with Crippen LogP contribution < -0.4 is 11.2 Å². The molecule has 4 nitrogen and oxygen atoms in total. The van der Waals surface area contributed by atoms with Crippen molar-refractivity contribution in [3.8, 4) is 5.75 Å². The fourth-order valence-corrected chi connectivity index (χ4v) is 1.67. The number of nitrogens with one attached hydrogen (secondary N) is 1. The summed E-state index contributed by atoms with van der Waals surface area (Å²) >= 11 is 0. The first-order chi connectivity index (χ1) is 9.76. The van der Waals surface area contributed by atoms with Crippen LogP contribution >= 0.6 is 0 Å². The van der Waals surface area contributed by atoms with Gasteiger partial charge in [-0.05, 0) is 42.6 Å². The molecule has 0 atom stereocenters. The number of hydroxylamine groups is 1. The lowest BCUT2D eigenvalue weighted by molar-refractivity contribution is 0.168. The molecule has 0 fully saturated rings. The molecule has 0 spiro atoms. The summed E-state index contributed by atoms with van der Waals surface area (Å²) in [6.07, 6.45) is 1.75. The number of aromatic hydroxyl groups is 1. The minimum absolute atomic E-state index is 0.306. The lowest BCUT2D eigenvalue weighted by atomic mass is 10.1. The Bertz CT molecular complexity index is 458. The maximum Gasteiger partial charge on any atom is 0.115 e. The molecule has 0 saturated carbocycles. The van der Waals surface area contributed by atoms with E-state index in [4.69, 9.17) is 16.0 Å². The molecule has 0 aliphatic rings. The molecule has 0 aliphatic heterocycles. The summed E-state index contributed by atoms with van der Waals surface area (Å²) in [7, 11) is 0. The third-order valence-corrected chi connectivity index (χ3v) is 2.74. The molecule has 0 heterocycles. The molecular weight excluding hydrogens is 252 g/mol. The van der Waals surface area contributed by atoms with Crippen molar-refractivity contribution >= 4 is 0 Å². The van der Waals surface area contributed by atoms with Gasteiger partial charge in [0.2, 0.25) is 0 Å². The number of benzene rings is 2. The van der Waals surface area contributed by atoms with E-state index >= 15 is 0 Å². The topological polar surface area (TPSA) is 78.5 Å². The standard InChI is InChI=1S/2C8H11NO/c9-6-5-7-1-3-8(10)4-2-7;10-9-7-6-8-4-2-1-3-5-8/h1-4,10H,5-6,9H2;1-5,9-10H,6-7H2. The molecule has 0 aromatic heterocycles. The maximum absolute atomic E-state index is 8.89. The lowest BCUT2D eigenvalue weighted by Gasteiger charge is -1.97. The summed E-state index contributed by atoms with van der Waals surface area (Å²) in [6, 6.07) is 17.1. The highest BCUT2D eigenvalue weighted by atomic mass is 16.5. The van der Waals surface area contributed by atoms with Crippen molar-refractivity contribution in [2.75, 3.05) is 13.1 Å². The molecule has 0 saturated heterocycles. The van der Waals surface area contributed by atoms with E-state index in [1.165, 1.54) is 11.1 Å². The van der Waals surface area contributed by atoms with Crippen molar-refractivity contribution in [3.05, 3.63) is 65.7 Å². The predicted octanol–water partition coefficient (Wildman–Crippen LogP) is 2.10. The number of phenols is 1. The first kappa shape index (κ1) is 16.2. The lowest BCUT2D eigenvalue weighted by Crippen LogP contribution is -2.10. The average molecular weight is 274 g/mol. The first-order valence-corrected chi connectivity index (χ1v) is 6.65. The second-order valence-electron chi connectivity index (χ2n) is 4.35. The Morgan fingerprint density at radius 3 is 2.00 bits per heavy atom. The van der Waals surface area contributed by atoms with Crippen molar-refractivity contribution in [1.29, 1.82) is 0 Å². The van der Waals surface area contributed by atoms with Gasteiger partial charge < -0.3 is 16.0 Å². The van der Waals surface area contributed by atoms with Crippen LogP contribution in [0.4, 0.5) is 0 Å². The largest absolute Gasteiger partial charge is 0.508 e. The quantitative estimate of drug-likeness (QED) is 0.630. The van der Waals surface area contributed by atoms with Crippen LogP contribution in [0, 0.1) is 0 Å². The van der Waals surface area contributed by atoms with Gasteiger partial charge in [-0.1, -0.05) is 42.5 Å². The average Bonchev–Trinajstić information content (AvgIpc) is 2.49. The van der Waals surface area contributed by atoms with Gasteiger partial charge >= 0.3 is 0 Å². The van der Waals surface area contributed by atoms with Crippen LogP contribution in [0.5, 0.6) is 5.75 Å². The van der Waals surface area contributed by atoms with E-state index in [2.05, 4.69) is 5.48 Å². The Kier molecular flexibility index (Phi) is 8.07. The Balaban J connectivity index is 0.000000200. The van der Waals surface area contributed by atoms with E-state index in [0.717, 1.165) is 12.8 Å². The van der Waals surface area contributed by atoms with E-state index in [0.29, 0.717) is 18.8 Å². The molecule has 2 aromatic rings. The fourth-order valence-electron chi connectivity index (χ4n) is 1.67. The predicted molar refractivity (Wildman–Crippen MR) is 80.8 cm³/mol. The van der Waals surface area contributed by atoms with Crippen LogP contribution in [0.15, 0.2) is 54.6 Å². The molecule has 5 N–H and O–H groups in total. The Hall–Kier alpha value is -1.88. The first-order valence-electron chi connectivity index (χ1n) is 6.65. The molecule has 0 radical (unpaired) electrons. The summed E-state index contributed by atoms with van der Waals surface area (Å²) in [6.45, 7) is 1.27. The van der Waals surface area contributed by atoms with Crippen molar-refractivity contribution in [3.63, 3.8) is 0 Å². The third-order valence-electron chi connectivity index (χ3n) is 2.74. The van der Waals surface area contributed by atoms with Crippen LogP contribution in [-0.2, 0) is 12.8 Å². The number of nitrogens with two attached hydrogens (primary N) is 1. The minimum Gasteiger partial charge on any atom is -0.508 e. The Morgan fingerprint density at radius 1 is 0.850 bits per heavy atom. The SMILES string of the molecule is NCCc1ccc(O)cc1.ONCCc1ccccc1. The fraction of sp³-hybridized carbons (Fsp3) is 0.250. The second kappa shape index (κ2) is 9.97. The van der Waals surface area contributed by atoms with Gasteiger partial charge in [0.1, 0.15) is 5.75 Å². The highest BCUT2D eigenvalue weighted by Crippen LogP contribution is 2.09. The number of phenolic OH excluding ortho intramolecular Hbond substituents is 1. The summed E-state index contributed by atoms with van der Waals surface area (Å²) in [4.78, 5) is 0. The van der Waals surface area contributed by atoms with Gasteiger partial charge in [-0.2, -0.15) is 0 Å². The Morgan fingerprint density at radius 2 is 1.45 bits per heavy atom. The van der Waals surface area contributed by atoms with Crippen LogP contribution in [0.25, 0.3) is 0 Å². The zero-order valence-corrected chi connectivity index (χ0v) is 11.5. The Labute approximate surface area is 119 Å². The number of hydrogen-bond acceptors (Lipinski definition) is 4. The van der Waals surface area contributed by atoms with Crippen LogP contribution in [0.3, 0.4) is 0 Å². The molecule has 108 valence electrons. The highest BCUT2D eigenvalue weighted by Gasteiger charge is 1.89. The zero-order chi connectivity index (χ0) is 14.6. The van der Waals surface area contributed by atoms with E-state index in [-0.39, 0.29) is 0 Å². The highest BCUT2D eigenvalue weighted by molar-refractivity contribution is 5.25. The van der Waals surface area contributed by atoms with Crippen molar-refractivity contribution in [2.45, 2.75) is 12.8 Å². The van der Waals surface area contributed by atoms with Gasteiger partial charge in [0.05, 0.1) is 0 Å². The van der Waals surface area contributed by atoms with Crippen LogP contribution in [0.1, 0.15) is 11.1 Å². The van der Waals surface area contributed by atoms with E-state index in [1.807, 2.05) is 42.5 Å². The minimum atomic E-state index is 0.306. The molecule has 4 heteroatoms. The summed E-state index contributed by atoms with van der Waals surface area (Å²) in [5.74, 6) is 0.306. The van der Waals surface area contributed by atoms with Gasteiger partial charge in [0, 0.05) is 6.54 Å². The van der Waals surface area contributed by atoms with Crippen molar-refractivity contribution < 1.29 is 10.3 Å². The molecule has 2 rings (SSSR count). The smallest absolute Gasteiger partial charge is 0.115 e. The molecular formula is C16H22N2O2. The summed E-state index contributed by atoms with van der Waals surface area (Å²) in [5.41, 5.74) is 9.86. The van der Waals surface area contributed by atoms with Gasteiger partial charge in [0.25, 0.3) is 0 Å². The van der Waals surface area contributed by atoms with Crippen LogP contribution in [0.2, 0.25) is 0 Å². The van der Waals surface area contributed by atoms with Crippen LogP contribution in [-0.4, -0.2) is 23.4 Å². The number of hydrogen-bond donors (Lipinski definition) is 4. The van der Waals surface area contributed by atoms with E-state index < -0.39 is 0 Å². The third kappa shape index (κ3) is 6.89. The maximum atomic E-state index is 8.89. The molecule has 0 bridgehead atoms. The van der Waals surface area contributed by atoms with Crippen molar-refractivity contribution in [2.24, 2.45) is 5.73 Å². The van der Waals surface area contributed by atoms with E-state index in [1.54, 1.807) is 12.1 Å². The molecule has 0 unspecified atom stereocenters. The number of rotatable bonds is 5. The molecule has 0 amide bonds. The van der Waals surface area contributed by atoms with E-state index in [9.17, 15) is 0 Å². The van der Waals surface area contributed by atoms with Crippen molar-refractivity contribution in [1.82, 2.24) is 5.48 Å². The molecule has 0 aliphatic carbocycles. The molecule has 2 aromatic carbocycles. The summed E-state index contributed by atoms with van der Waals surface area (Å²) in [5, 5.41) is 17.2. The zero-order valence-electron chi connectivity index (χ0n) is 11.5. The normalized spacial score (nSPS) is 9.70.